The van der Waals surface area contributed by atoms with Crippen LogP contribution in [0.5, 0.6) is 0 Å². The van der Waals surface area contributed by atoms with E-state index in [2.05, 4.69) is 21.8 Å². The zero-order chi connectivity index (χ0) is 13.7. The van der Waals surface area contributed by atoms with E-state index in [1.165, 1.54) is 0 Å². The van der Waals surface area contributed by atoms with Gasteiger partial charge in [0.2, 0.25) is 0 Å². The van der Waals surface area contributed by atoms with Crippen molar-refractivity contribution >= 4 is 17.4 Å². The number of aryl methyl sites for hydroxylation is 1. The van der Waals surface area contributed by atoms with Crippen LogP contribution in [-0.4, -0.2) is 32.7 Å². The van der Waals surface area contributed by atoms with Crippen LogP contribution in [0.25, 0.3) is 0 Å². The van der Waals surface area contributed by atoms with Crippen molar-refractivity contribution < 1.29 is 9.90 Å². The molecule has 1 aromatic rings. The van der Waals surface area contributed by atoms with Gasteiger partial charge in [-0.3, -0.25) is 4.79 Å². The summed E-state index contributed by atoms with van der Waals surface area (Å²) in [4.78, 5) is 12.8. The largest absolute Gasteiger partial charge is 0.391 e. The summed E-state index contributed by atoms with van der Waals surface area (Å²) >= 11 is 1.14. The predicted octanol–water partition coefficient (Wildman–Crippen LogP) is 1.91. The first-order chi connectivity index (χ1) is 9.22. The highest BCUT2D eigenvalue weighted by Crippen LogP contribution is 2.19. The summed E-state index contributed by atoms with van der Waals surface area (Å²) in [5.41, 5.74) is 0.771. The number of hydrogen-bond donors (Lipinski definition) is 2. The first kappa shape index (κ1) is 14.4. The number of aliphatic hydroxyl groups is 1. The number of aliphatic hydroxyl groups excluding tert-OH is 1. The number of nitrogens with zero attached hydrogens (tertiary/aromatic N) is 2. The third kappa shape index (κ3) is 3.73. The van der Waals surface area contributed by atoms with Gasteiger partial charge in [-0.25, -0.2) is 0 Å². The Bertz CT molecular complexity index is 422. The second kappa shape index (κ2) is 6.96. The molecule has 2 rings (SSSR count). The first-order valence-electron chi connectivity index (χ1n) is 7.02. The lowest BCUT2D eigenvalue weighted by Gasteiger charge is -2.21. The molecule has 0 radical (unpaired) electrons. The number of rotatable bonds is 4. The number of nitrogens with one attached hydrogen (secondary N) is 1. The summed E-state index contributed by atoms with van der Waals surface area (Å²) in [5.74, 6) is -0.135. The van der Waals surface area contributed by atoms with E-state index in [0.29, 0.717) is 4.88 Å². The Hall–Kier alpha value is -1.01. The normalized spacial score (nSPS) is 23.9. The minimum atomic E-state index is -0.429. The minimum Gasteiger partial charge on any atom is -0.391 e. The topological polar surface area (TPSA) is 75.1 Å². The average Bonchev–Trinajstić information content (AvgIpc) is 2.76. The van der Waals surface area contributed by atoms with Gasteiger partial charge in [0.1, 0.15) is 4.88 Å². The molecule has 0 aromatic carbocycles. The highest BCUT2D eigenvalue weighted by Gasteiger charge is 2.25. The van der Waals surface area contributed by atoms with E-state index < -0.39 is 6.10 Å². The van der Waals surface area contributed by atoms with Gasteiger partial charge in [0.25, 0.3) is 5.91 Å². The minimum absolute atomic E-state index is 0.133. The lowest BCUT2D eigenvalue weighted by Crippen LogP contribution is -2.42. The molecule has 6 heteroatoms. The maximum Gasteiger partial charge on any atom is 0.265 e. The summed E-state index contributed by atoms with van der Waals surface area (Å²) in [7, 11) is 0. The summed E-state index contributed by atoms with van der Waals surface area (Å²) in [6.07, 6.45) is 6.14. The molecule has 1 aliphatic carbocycles. The Morgan fingerprint density at radius 3 is 3.00 bits per heavy atom. The quantitative estimate of drug-likeness (QED) is 0.828. The molecule has 1 aliphatic rings. The Kier molecular flexibility index (Phi) is 5.27. The van der Waals surface area contributed by atoms with Crippen molar-refractivity contribution in [3.63, 3.8) is 0 Å². The van der Waals surface area contributed by atoms with Crippen LogP contribution in [0.2, 0.25) is 0 Å². The zero-order valence-electron chi connectivity index (χ0n) is 11.3. The molecule has 5 nitrogen and oxygen atoms in total. The second-order valence-electron chi connectivity index (χ2n) is 5.08. The molecule has 1 heterocycles. The summed E-state index contributed by atoms with van der Waals surface area (Å²) in [6, 6.07) is -0.133. The van der Waals surface area contributed by atoms with Gasteiger partial charge in [0.15, 0.2) is 0 Å². The molecule has 106 valence electrons. The molecule has 19 heavy (non-hydrogen) atoms. The first-order valence-corrected chi connectivity index (χ1v) is 7.80. The van der Waals surface area contributed by atoms with Crippen LogP contribution in [0.3, 0.4) is 0 Å². The number of carbonyl (C=O) groups is 1. The van der Waals surface area contributed by atoms with Crippen LogP contribution in [0, 0.1) is 0 Å². The Labute approximate surface area is 117 Å². The molecular formula is C13H21N3O2S. The molecular weight excluding hydrogens is 262 g/mol. The molecule has 1 fully saturated rings. The van der Waals surface area contributed by atoms with Crippen molar-refractivity contribution in [2.75, 3.05) is 0 Å². The molecule has 0 bridgehead atoms. The van der Waals surface area contributed by atoms with E-state index in [4.69, 9.17) is 0 Å². The highest BCUT2D eigenvalue weighted by molar-refractivity contribution is 7.08. The number of hydrogen-bond acceptors (Lipinski definition) is 5. The second-order valence-corrected chi connectivity index (χ2v) is 5.84. The summed E-state index contributed by atoms with van der Waals surface area (Å²) in [5, 5.41) is 17.0. The molecule has 1 aromatic heterocycles. The number of amides is 1. The molecule has 2 unspecified atom stereocenters. The van der Waals surface area contributed by atoms with Crippen LogP contribution < -0.4 is 5.32 Å². The summed E-state index contributed by atoms with van der Waals surface area (Å²) in [6.45, 7) is 2.05. The smallest absolute Gasteiger partial charge is 0.265 e. The Morgan fingerprint density at radius 1 is 1.42 bits per heavy atom. The van der Waals surface area contributed by atoms with Crippen LogP contribution in [-0.2, 0) is 6.42 Å². The van der Waals surface area contributed by atoms with E-state index >= 15 is 0 Å². The van der Waals surface area contributed by atoms with E-state index in [1.807, 2.05) is 0 Å². The molecule has 0 saturated heterocycles. The molecule has 2 N–H and O–H groups in total. The van der Waals surface area contributed by atoms with Gasteiger partial charge in [0.05, 0.1) is 17.8 Å². The van der Waals surface area contributed by atoms with Crippen molar-refractivity contribution in [2.24, 2.45) is 0 Å². The number of aromatic nitrogens is 2. The third-order valence-corrected chi connectivity index (χ3v) is 4.31. The van der Waals surface area contributed by atoms with E-state index in [9.17, 15) is 9.90 Å². The van der Waals surface area contributed by atoms with E-state index in [-0.39, 0.29) is 11.9 Å². The third-order valence-electron chi connectivity index (χ3n) is 3.54. The summed E-state index contributed by atoms with van der Waals surface area (Å²) < 4.78 is 3.86. The van der Waals surface area contributed by atoms with Gasteiger partial charge >= 0.3 is 0 Å². The molecule has 2 atom stereocenters. The van der Waals surface area contributed by atoms with Crippen molar-refractivity contribution in [3.8, 4) is 0 Å². The van der Waals surface area contributed by atoms with Gasteiger partial charge in [-0.2, -0.15) is 0 Å². The molecule has 1 saturated carbocycles. The fourth-order valence-electron chi connectivity index (χ4n) is 2.47. The van der Waals surface area contributed by atoms with E-state index in [1.54, 1.807) is 0 Å². The van der Waals surface area contributed by atoms with Crippen molar-refractivity contribution in [1.82, 2.24) is 14.9 Å². The van der Waals surface area contributed by atoms with E-state index in [0.717, 1.165) is 62.2 Å². The maximum atomic E-state index is 12.2. The lowest BCUT2D eigenvalue weighted by atomic mass is 10.1. The van der Waals surface area contributed by atoms with Gasteiger partial charge in [-0.05, 0) is 30.8 Å². The predicted molar refractivity (Wildman–Crippen MR) is 74.3 cm³/mol. The fourth-order valence-corrected chi connectivity index (χ4v) is 3.08. The van der Waals surface area contributed by atoms with Gasteiger partial charge < -0.3 is 10.4 Å². The van der Waals surface area contributed by atoms with Gasteiger partial charge in [-0.15, -0.1) is 5.10 Å². The molecule has 0 aliphatic heterocycles. The van der Waals surface area contributed by atoms with Crippen molar-refractivity contribution in [2.45, 2.75) is 64.0 Å². The lowest BCUT2D eigenvalue weighted by molar-refractivity contribution is 0.0821. The average molecular weight is 283 g/mol. The van der Waals surface area contributed by atoms with Crippen LogP contribution >= 0.6 is 11.5 Å². The van der Waals surface area contributed by atoms with Crippen LogP contribution in [0.1, 0.15) is 60.8 Å². The monoisotopic (exact) mass is 283 g/mol. The van der Waals surface area contributed by atoms with Crippen LogP contribution in [0.15, 0.2) is 0 Å². The number of carbonyl (C=O) groups excluding carboxylic acids is 1. The highest BCUT2D eigenvalue weighted by atomic mass is 32.1. The standard InChI is InChI=1S/C13H21N3O2S/c1-2-6-10-12(19-16-15-10)13(18)14-9-7-4-3-5-8-11(9)17/h9,11,17H,2-8H2,1H3,(H,14,18). The zero-order valence-corrected chi connectivity index (χ0v) is 12.1. The van der Waals surface area contributed by atoms with Crippen LogP contribution in [0.4, 0.5) is 0 Å². The molecule has 0 spiro atoms. The Balaban J connectivity index is 2.01. The van der Waals surface area contributed by atoms with Gasteiger partial charge in [0, 0.05) is 0 Å². The SMILES string of the molecule is CCCc1nnsc1C(=O)NC1CCCCCC1O. The van der Waals surface area contributed by atoms with Gasteiger partial charge in [-0.1, -0.05) is 37.1 Å². The Morgan fingerprint density at radius 2 is 2.21 bits per heavy atom. The fraction of sp³-hybridized carbons (Fsp3) is 0.769. The van der Waals surface area contributed by atoms with Crippen molar-refractivity contribution in [3.05, 3.63) is 10.6 Å². The molecule has 1 amide bonds. The maximum absolute atomic E-state index is 12.2. The van der Waals surface area contributed by atoms with Crippen molar-refractivity contribution in [1.29, 1.82) is 0 Å².